The van der Waals surface area contributed by atoms with Gasteiger partial charge in [0.25, 0.3) is 5.91 Å². The molecule has 3 aromatic rings. The Morgan fingerprint density at radius 3 is 2.64 bits per heavy atom. The van der Waals surface area contributed by atoms with Gasteiger partial charge in [0.05, 0.1) is 29.5 Å². The number of anilines is 1. The van der Waals surface area contributed by atoms with Crippen LogP contribution >= 0.6 is 22.7 Å². The van der Waals surface area contributed by atoms with Crippen molar-refractivity contribution in [2.24, 2.45) is 4.99 Å². The van der Waals surface area contributed by atoms with Crippen LogP contribution in [0.15, 0.2) is 23.2 Å². The van der Waals surface area contributed by atoms with Crippen molar-refractivity contribution < 1.29 is 41.5 Å². The molecule has 1 aliphatic rings. The molecular weight excluding hydrogens is 573 g/mol. The van der Waals surface area contributed by atoms with Gasteiger partial charge >= 0.3 is 11.9 Å². The number of nitrogens with zero attached hydrogens (tertiary/aromatic N) is 2. The molecule has 0 saturated heterocycles. The number of benzene rings is 1. The number of rotatable bonds is 9. The van der Waals surface area contributed by atoms with Crippen LogP contribution in [0, 0.1) is 5.82 Å². The Bertz CT molecular complexity index is 1650. The minimum atomic E-state index is -4.26. The quantitative estimate of drug-likeness (QED) is 0.369. The molecule has 2 amide bonds. The Hall–Kier alpha value is -3.43. The van der Waals surface area contributed by atoms with E-state index < -0.39 is 50.9 Å². The van der Waals surface area contributed by atoms with Crippen molar-refractivity contribution in [3.63, 3.8) is 0 Å². The van der Waals surface area contributed by atoms with E-state index in [9.17, 15) is 32.0 Å². The molecule has 0 bridgehead atoms. The summed E-state index contributed by atoms with van der Waals surface area (Å²) < 4.78 is 50.5. The van der Waals surface area contributed by atoms with E-state index in [0.717, 1.165) is 34.6 Å². The molecule has 2 aromatic heterocycles. The van der Waals surface area contributed by atoms with Crippen LogP contribution in [0.25, 0.3) is 10.2 Å². The third-order valence-electron chi connectivity index (χ3n) is 5.73. The lowest BCUT2D eigenvalue weighted by atomic mass is 10.1. The number of aryl methyl sites for hydroxylation is 1. The average molecular weight is 598 g/mol. The van der Waals surface area contributed by atoms with Crippen LogP contribution in [0.1, 0.15) is 34.1 Å². The summed E-state index contributed by atoms with van der Waals surface area (Å²) in [5.41, 5.74) is 1.44. The van der Waals surface area contributed by atoms with Crippen molar-refractivity contribution in [1.82, 2.24) is 4.57 Å². The number of thiazole rings is 1. The van der Waals surface area contributed by atoms with E-state index in [0.29, 0.717) is 16.6 Å². The topological polar surface area (TPSA) is 150 Å². The highest BCUT2D eigenvalue weighted by atomic mass is 32.2. The maximum Gasteiger partial charge on any atom is 0.341 e. The lowest BCUT2D eigenvalue weighted by Gasteiger charge is -2.08. The van der Waals surface area contributed by atoms with Gasteiger partial charge in [-0.3, -0.25) is 14.4 Å². The SMILES string of the molecule is CCOC(=O)c1c(NC(=O)CS(=O)(=O)CC(=O)N=c2sc3cc(F)ccc3n2CC(=O)OC)sc2c1CCC2. The second-order valence-corrected chi connectivity index (χ2v) is 12.7. The fourth-order valence-corrected chi connectivity index (χ4v) is 7.51. The molecular formula is C24H24FN3O8S3. The molecule has 11 nitrogen and oxygen atoms in total. The van der Waals surface area contributed by atoms with Gasteiger partial charge in [-0.1, -0.05) is 11.3 Å². The molecule has 0 fully saturated rings. The molecule has 15 heteroatoms. The number of hydrogen-bond acceptors (Lipinski definition) is 10. The summed E-state index contributed by atoms with van der Waals surface area (Å²) in [6, 6.07) is 3.77. The molecule has 0 unspecified atom stereocenters. The monoisotopic (exact) mass is 597 g/mol. The number of fused-ring (bicyclic) bond motifs is 2. The van der Waals surface area contributed by atoms with E-state index in [1.165, 1.54) is 41.2 Å². The molecule has 4 rings (SSSR count). The fourth-order valence-electron chi connectivity index (χ4n) is 4.13. The Morgan fingerprint density at radius 2 is 1.92 bits per heavy atom. The number of sulfone groups is 1. The van der Waals surface area contributed by atoms with Gasteiger partial charge in [-0.15, -0.1) is 11.3 Å². The Labute approximate surface area is 230 Å². The Kier molecular flexibility index (Phi) is 8.61. The summed E-state index contributed by atoms with van der Waals surface area (Å²) in [5.74, 6) is -5.86. The van der Waals surface area contributed by atoms with Crippen LogP contribution in [0.4, 0.5) is 9.39 Å². The van der Waals surface area contributed by atoms with Gasteiger partial charge < -0.3 is 19.4 Å². The van der Waals surface area contributed by atoms with Crippen LogP contribution in [-0.4, -0.2) is 62.0 Å². The normalized spacial score (nSPS) is 13.4. The predicted molar refractivity (Wildman–Crippen MR) is 142 cm³/mol. The van der Waals surface area contributed by atoms with Gasteiger partial charge in [-0.25, -0.2) is 17.6 Å². The Balaban J connectivity index is 1.51. The van der Waals surface area contributed by atoms with E-state index in [1.807, 2.05) is 0 Å². The van der Waals surface area contributed by atoms with Crippen LogP contribution in [-0.2, 0) is 53.1 Å². The maximum atomic E-state index is 13.7. The van der Waals surface area contributed by atoms with Crippen LogP contribution in [0.5, 0.6) is 0 Å². The van der Waals surface area contributed by atoms with Crippen LogP contribution in [0.2, 0.25) is 0 Å². The zero-order valence-electron chi connectivity index (χ0n) is 20.9. The number of esters is 2. The highest BCUT2D eigenvalue weighted by molar-refractivity contribution is 7.92. The van der Waals surface area contributed by atoms with E-state index in [4.69, 9.17) is 4.74 Å². The van der Waals surface area contributed by atoms with Gasteiger partial charge in [0, 0.05) is 4.88 Å². The van der Waals surface area contributed by atoms with Crippen LogP contribution in [0.3, 0.4) is 0 Å². The van der Waals surface area contributed by atoms with E-state index in [2.05, 4.69) is 15.0 Å². The predicted octanol–water partition coefficient (Wildman–Crippen LogP) is 2.22. The molecule has 39 heavy (non-hydrogen) atoms. The number of methoxy groups -OCH3 is 1. The number of thiophene rings is 1. The first-order valence-electron chi connectivity index (χ1n) is 11.8. The summed E-state index contributed by atoms with van der Waals surface area (Å²) in [4.78, 5) is 54.3. The third-order valence-corrected chi connectivity index (χ3v) is 9.37. The number of carbonyl (C=O) groups excluding carboxylic acids is 4. The van der Waals surface area contributed by atoms with Gasteiger partial charge in [0.15, 0.2) is 14.6 Å². The summed E-state index contributed by atoms with van der Waals surface area (Å²) >= 11 is 2.10. The molecule has 208 valence electrons. The second-order valence-electron chi connectivity index (χ2n) is 8.53. The van der Waals surface area contributed by atoms with E-state index in [-0.39, 0.29) is 28.5 Å². The maximum absolute atomic E-state index is 13.7. The van der Waals surface area contributed by atoms with E-state index >= 15 is 0 Å². The highest BCUT2D eigenvalue weighted by Gasteiger charge is 2.29. The smallest absolute Gasteiger partial charge is 0.341 e. The van der Waals surface area contributed by atoms with Crippen molar-refractivity contribution in [3.05, 3.63) is 44.8 Å². The Morgan fingerprint density at radius 1 is 1.15 bits per heavy atom. The number of amides is 2. The summed E-state index contributed by atoms with van der Waals surface area (Å²) in [7, 11) is -3.08. The molecule has 0 saturated carbocycles. The number of nitrogens with one attached hydrogen (secondary N) is 1. The molecule has 1 N–H and O–H groups in total. The standard InChI is InChI=1S/C24H24FN3O8S3/c1-3-36-23(32)21-14-5-4-6-16(14)37-22(21)26-18(29)11-39(33,34)12-19(30)27-24-28(10-20(31)35-2)15-8-7-13(25)9-17(15)38-24/h7-9H,3-6,10-12H2,1-2H3,(H,26,29). The first kappa shape index (κ1) is 28.6. The molecule has 0 atom stereocenters. The van der Waals surface area contributed by atoms with Gasteiger partial charge in [-0.05, 0) is 49.9 Å². The third kappa shape index (κ3) is 6.59. The molecule has 0 aliphatic heterocycles. The van der Waals surface area contributed by atoms with Gasteiger partial charge in [0.1, 0.15) is 28.9 Å². The average Bonchev–Trinajstić information content (AvgIpc) is 3.51. The lowest BCUT2D eigenvalue weighted by molar-refractivity contribution is -0.141. The number of carbonyl (C=O) groups is 4. The molecule has 1 aliphatic carbocycles. The minimum Gasteiger partial charge on any atom is -0.468 e. The van der Waals surface area contributed by atoms with Gasteiger partial charge in [-0.2, -0.15) is 4.99 Å². The van der Waals surface area contributed by atoms with Crippen LogP contribution < -0.4 is 10.1 Å². The summed E-state index contributed by atoms with van der Waals surface area (Å²) in [6.07, 6.45) is 2.28. The molecule has 1 aromatic carbocycles. The van der Waals surface area contributed by atoms with E-state index in [1.54, 1.807) is 6.92 Å². The zero-order chi connectivity index (χ0) is 28.3. The summed E-state index contributed by atoms with van der Waals surface area (Å²) in [5, 5.41) is 2.71. The largest absolute Gasteiger partial charge is 0.468 e. The zero-order valence-corrected chi connectivity index (χ0v) is 23.4. The van der Waals surface area contributed by atoms with Gasteiger partial charge in [0.2, 0.25) is 5.91 Å². The highest BCUT2D eigenvalue weighted by Crippen LogP contribution is 2.39. The number of aromatic nitrogens is 1. The van der Waals surface area contributed by atoms with Crippen molar-refractivity contribution in [1.29, 1.82) is 0 Å². The summed E-state index contributed by atoms with van der Waals surface area (Å²) in [6.45, 7) is 1.47. The molecule has 0 spiro atoms. The lowest BCUT2D eigenvalue weighted by Crippen LogP contribution is -2.29. The number of ether oxygens (including phenoxy) is 2. The number of hydrogen-bond donors (Lipinski definition) is 1. The van der Waals surface area contributed by atoms with Crippen molar-refractivity contribution in [2.45, 2.75) is 32.7 Å². The van der Waals surface area contributed by atoms with Crippen molar-refractivity contribution in [2.75, 3.05) is 30.5 Å². The fraction of sp³-hybridized carbons (Fsp3) is 0.375. The second kappa shape index (κ2) is 11.8. The van der Waals surface area contributed by atoms with Crippen molar-refractivity contribution in [3.8, 4) is 0 Å². The molecule has 0 radical (unpaired) electrons. The first-order chi connectivity index (χ1) is 18.5. The number of halogens is 1. The molecule has 2 heterocycles. The minimum absolute atomic E-state index is 0.0298. The van der Waals surface area contributed by atoms with Crippen molar-refractivity contribution >= 4 is 71.5 Å². The first-order valence-corrected chi connectivity index (χ1v) is 15.2.